The number of aromatic amines is 3. The van der Waals surface area contributed by atoms with Gasteiger partial charge in [0.2, 0.25) is 0 Å². The molecule has 6 saturated heterocycles. The van der Waals surface area contributed by atoms with E-state index in [9.17, 15) is 28.8 Å². The van der Waals surface area contributed by atoms with Crippen LogP contribution in [-0.4, -0.2) is 126 Å². The lowest BCUT2D eigenvalue weighted by Gasteiger charge is -2.54. The fourth-order valence-electron chi connectivity index (χ4n) is 25.1. The number of morpholine rings is 1. The molecule has 576 valence electrons. The van der Waals surface area contributed by atoms with E-state index in [1.54, 1.807) is 55.0 Å². The van der Waals surface area contributed by atoms with Gasteiger partial charge < -0.3 is 33.4 Å². The number of nitrogens with one attached hydrogen (secondary N) is 3. The van der Waals surface area contributed by atoms with Gasteiger partial charge in [-0.05, 0) is 230 Å². The fourth-order valence-corrected chi connectivity index (χ4v) is 25.1. The van der Waals surface area contributed by atoms with Gasteiger partial charge in [0.15, 0.2) is 0 Å². The number of pyridine rings is 3. The van der Waals surface area contributed by atoms with Crippen molar-refractivity contribution in [2.45, 2.75) is 278 Å². The number of fused-ring (bicyclic) bond motifs is 15. The molecule has 21 rings (SSSR count). The third-order valence-corrected chi connectivity index (χ3v) is 29.3. The van der Waals surface area contributed by atoms with Crippen LogP contribution in [-0.2, 0) is 4.74 Å². The molecule has 6 saturated carbocycles. The van der Waals surface area contributed by atoms with Crippen molar-refractivity contribution in [3.05, 3.63) is 190 Å². The van der Waals surface area contributed by atoms with E-state index in [0.717, 1.165) is 132 Å². The first-order valence-electron chi connectivity index (χ1n) is 42.9. The lowest BCUT2D eigenvalue weighted by Crippen LogP contribution is -2.62. The monoisotopic (exact) mass is 1480 g/mol. The van der Waals surface area contributed by atoms with Crippen LogP contribution < -0.4 is 33.4 Å². The standard InChI is InChI=1S/C31H38N4O2.C30H36N4O3.C30H36N4O2/c36-30-26(11-6-14-32-30)29-31(37)35(28-13-4-3-12-27(28)33-29)25-18-22-9-5-10-23(19-25)34(22)24-16-20-7-1-2-8-21(15-20)17-24;35-29-25(8-5-11-31-29)28-30(36)34(27-10-4-3-9-26(27)32-28)22-15-23-17-37-18-24(16-22)33(23)21-13-19-6-1-2-7-20(12-19)14-21;35-29-25(8-5-13-31-29)28-30(36)34(27-10-4-3-9-26(27)32-28)24-17-21-11-12-22(18-24)33(21)23-15-19-6-1-2-7-20(14-19)16-23/h3-4,6,11-14,20-25H,1-2,5,7-10,15-19H2,(H,32,36);3-5,8-11,19-24H,1-2,6-7,12-18H2,(H,31,35);3-5,8-10,13,19-24H,1-2,6-7,11-12,14-18H2,(H,31,35)/t20-,21+,22-,23+,24?,25?;19-,20+,21?,22?,23-,24+;19-,20+,21-,22+,23?,24?. The van der Waals surface area contributed by atoms with E-state index in [1.165, 1.54) is 167 Å². The Hall–Kier alpha value is -8.23. The van der Waals surface area contributed by atoms with Gasteiger partial charge in [-0.3, -0.25) is 43.5 Å². The van der Waals surface area contributed by atoms with E-state index in [2.05, 4.69) is 39.6 Å². The smallest absolute Gasteiger partial charge is 0.278 e. The SMILES string of the molecule is O=c1[nH]cccc1-c1nc2ccccc2n(C2C[C@H]3CCC[C@@H](C2)N3C2C[C@H]3CCCC[C@@H](C2)C3)c1=O.O=c1[nH]cccc1-c1nc2ccccc2n(C2C[C@H]3CC[C@@H](C2)N3C2C[C@H]3CCCC[C@@H](C2)C3)c1=O.O=c1[nH]cccc1-c1nc2ccccc2n(C2C[C@H]3COC[C@@H](C2)N3C2C[C@H]3CCCC[C@@H](C2)C3)c1=O. The zero-order valence-electron chi connectivity index (χ0n) is 63.9. The maximum absolute atomic E-state index is 14.0. The number of H-pyrrole nitrogens is 3. The molecule has 12 heterocycles. The molecule has 9 aromatic rings. The van der Waals surface area contributed by atoms with Gasteiger partial charge in [-0.2, -0.15) is 0 Å². The van der Waals surface area contributed by atoms with Crippen molar-refractivity contribution in [3.8, 4) is 33.8 Å². The van der Waals surface area contributed by atoms with Crippen LogP contribution in [0.15, 0.2) is 157 Å². The van der Waals surface area contributed by atoms with Crippen LogP contribution >= 0.6 is 0 Å². The summed E-state index contributed by atoms with van der Waals surface area (Å²) in [5, 5.41) is 0. The van der Waals surface area contributed by atoms with Gasteiger partial charge in [-0.25, -0.2) is 15.0 Å². The van der Waals surface area contributed by atoms with E-state index < -0.39 is 0 Å². The molecule has 12 aliphatic rings. The highest BCUT2D eigenvalue weighted by Crippen LogP contribution is 2.51. The van der Waals surface area contributed by atoms with Crippen molar-refractivity contribution in [2.24, 2.45) is 35.5 Å². The minimum atomic E-state index is -0.284. The average molecular weight is 1480 g/mol. The van der Waals surface area contributed by atoms with Crippen molar-refractivity contribution in [1.82, 2.24) is 58.3 Å². The van der Waals surface area contributed by atoms with E-state index in [-0.39, 0.29) is 68.6 Å². The second-order valence-electron chi connectivity index (χ2n) is 35.9. The molecule has 0 spiro atoms. The first kappa shape index (κ1) is 72.0. The highest BCUT2D eigenvalue weighted by molar-refractivity contribution is 5.80. The molecule has 0 amide bonds. The summed E-state index contributed by atoms with van der Waals surface area (Å²) in [6.45, 7) is 1.48. The van der Waals surface area contributed by atoms with Crippen molar-refractivity contribution >= 4 is 33.1 Å². The predicted molar refractivity (Wildman–Crippen MR) is 432 cm³/mol. The summed E-state index contributed by atoms with van der Waals surface area (Å²) in [6.07, 6.45) is 46.4. The summed E-state index contributed by atoms with van der Waals surface area (Å²) in [5.41, 5.74) is 5.51. The molecule has 12 bridgehead atoms. The summed E-state index contributed by atoms with van der Waals surface area (Å²) in [7, 11) is 0. The molecule has 12 fully saturated rings. The van der Waals surface area contributed by atoms with E-state index in [1.807, 2.05) is 86.5 Å². The summed E-state index contributed by atoms with van der Waals surface area (Å²) in [5.74, 6) is 5.44. The largest absolute Gasteiger partial charge is 0.378 e. The topological polar surface area (TPSA) is 222 Å². The molecule has 3 aromatic carbocycles. The molecule has 19 nitrogen and oxygen atoms in total. The van der Waals surface area contributed by atoms with Crippen LogP contribution in [0.2, 0.25) is 0 Å². The second-order valence-corrected chi connectivity index (χ2v) is 35.9. The number of nitrogens with zero attached hydrogens (tertiary/aromatic N) is 9. The average Bonchev–Trinajstić information content (AvgIpc) is 1.21. The quantitative estimate of drug-likeness (QED) is 0.122. The van der Waals surface area contributed by atoms with Crippen molar-refractivity contribution in [2.75, 3.05) is 13.2 Å². The molecule has 3 N–H and O–H groups in total. The van der Waals surface area contributed by atoms with Crippen molar-refractivity contribution < 1.29 is 4.74 Å². The highest BCUT2D eigenvalue weighted by atomic mass is 16.5. The summed E-state index contributed by atoms with van der Waals surface area (Å²) in [6, 6.07) is 39.4. The van der Waals surface area contributed by atoms with Crippen molar-refractivity contribution in [1.29, 1.82) is 0 Å². The minimum absolute atomic E-state index is 0.0583. The van der Waals surface area contributed by atoms with Gasteiger partial charge in [0.05, 0.1) is 63.0 Å². The van der Waals surface area contributed by atoms with Gasteiger partial charge in [0, 0.05) is 91.1 Å². The van der Waals surface area contributed by atoms with E-state index in [0.29, 0.717) is 59.0 Å². The van der Waals surface area contributed by atoms with Gasteiger partial charge in [0.25, 0.3) is 33.4 Å². The number of piperidine rings is 4. The Bertz CT molecular complexity index is 4940. The molecule has 110 heavy (non-hydrogen) atoms. The Balaban J connectivity index is 0.000000112. The summed E-state index contributed by atoms with van der Waals surface area (Å²) >= 11 is 0. The van der Waals surface area contributed by atoms with Gasteiger partial charge in [0.1, 0.15) is 17.1 Å². The molecule has 6 aliphatic heterocycles. The number of benzene rings is 3. The molecule has 6 aliphatic carbocycles. The zero-order valence-corrected chi connectivity index (χ0v) is 63.9. The number of aromatic nitrogens is 9. The van der Waals surface area contributed by atoms with Crippen LogP contribution in [0.1, 0.15) is 224 Å². The Kier molecular flexibility index (Phi) is 20.3. The Labute approximate surface area is 643 Å². The zero-order chi connectivity index (χ0) is 74.1. The molecule has 6 aromatic heterocycles. The van der Waals surface area contributed by atoms with E-state index in [4.69, 9.17) is 9.72 Å². The Morgan fingerprint density at radius 3 is 0.864 bits per heavy atom. The normalized spacial score (nSPS) is 32.3. The molecule has 19 heteroatoms. The third kappa shape index (κ3) is 14.0. The summed E-state index contributed by atoms with van der Waals surface area (Å²) < 4.78 is 12.1. The molecular weight excluding hydrogens is 1370 g/mol. The number of hydrogen-bond donors (Lipinski definition) is 3. The third-order valence-electron chi connectivity index (χ3n) is 29.3. The molecule has 6 unspecified atom stereocenters. The molecule has 0 radical (unpaired) electrons. The highest BCUT2D eigenvalue weighted by Gasteiger charge is 2.50. The maximum atomic E-state index is 14.0. The first-order chi connectivity index (χ1) is 54.0. The minimum Gasteiger partial charge on any atom is -0.378 e. The second kappa shape index (κ2) is 31.0. The Morgan fingerprint density at radius 2 is 0.555 bits per heavy atom. The van der Waals surface area contributed by atoms with Crippen LogP contribution in [0.4, 0.5) is 0 Å². The number of para-hydroxylation sites is 6. The van der Waals surface area contributed by atoms with Crippen LogP contribution in [0.25, 0.3) is 66.9 Å². The van der Waals surface area contributed by atoms with Crippen molar-refractivity contribution in [3.63, 3.8) is 0 Å². The van der Waals surface area contributed by atoms with Gasteiger partial charge in [-0.1, -0.05) is 120 Å². The molecular formula is C91H110N12O7. The first-order valence-corrected chi connectivity index (χ1v) is 42.9. The van der Waals surface area contributed by atoms with E-state index >= 15 is 0 Å². The predicted octanol–water partition coefficient (Wildman–Crippen LogP) is 15.5. The van der Waals surface area contributed by atoms with Gasteiger partial charge >= 0.3 is 0 Å². The summed E-state index contributed by atoms with van der Waals surface area (Å²) in [4.78, 5) is 111. The number of hydrogen-bond acceptors (Lipinski definition) is 13. The number of ether oxygens (including phenoxy) is 1. The lowest BCUT2D eigenvalue weighted by atomic mass is 9.73. The van der Waals surface area contributed by atoms with Crippen LogP contribution in [0.5, 0.6) is 0 Å². The molecule has 18 atom stereocenters. The maximum Gasteiger partial charge on any atom is 0.278 e. The lowest BCUT2D eigenvalue weighted by molar-refractivity contribution is -0.116. The Morgan fingerprint density at radius 1 is 0.273 bits per heavy atom. The van der Waals surface area contributed by atoms with Crippen LogP contribution in [0.3, 0.4) is 0 Å². The number of rotatable bonds is 9. The fraction of sp³-hybridized carbons (Fsp3) is 0.571. The van der Waals surface area contributed by atoms with Gasteiger partial charge in [-0.15, -0.1) is 0 Å². The van der Waals surface area contributed by atoms with Crippen LogP contribution in [0, 0.1) is 35.5 Å².